The summed E-state index contributed by atoms with van der Waals surface area (Å²) in [7, 11) is 0. The van der Waals surface area contributed by atoms with Gasteiger partial charge in [-0.3, -0.25) is 0 Å². The van der Waals surface area contributed by atoms with Crippen LogP contribution in [0, 0.1) is 13.8 Å². The Balaban J connectivity index is 2.22. The maximum Gasteiger partial charge on any atom is 0.342 e. The van der Waals surface area contributed by atoms with Crippen LogP contribution < -0.4 is 15.1 Å². The summed E-state index contributed by atoms with van der Waals surface area (Å²) >= 11 is 3.46. The number of hydrogen-bond donors (Lipinski definition) is 0. The number of benzene rings is 1. The fourth-order valence-corrected chi connectivity index (χ4v) is 2.94. The van der Waals surface area contributed by atoms with Gasteiger partial charge in [0.1, 0.15) is 17.9 Å². The van der Waals surface area contributed by atoms with Crippen LogP contribution in [0.1, 0.15) is 41.1 Å². The van der Waals surface area contributed by atoms with E-state index in [2.05, 4.69) is 15.9 Å². The average Bonchev–Trinajstić information content (AvgIpc) is 2.55. The molecule has 0 fully saturated rings. The van der Waals surface area contributed by atoms with Gasteiger partial charge < -0.3 is 18.6 Å². The minimum Gasteiger partial charge on any atom is -0.490 e. The number of esters is 1. The Morgan fingerprint density at radius 3 is 2.27 bits per heavy atom. The summed E-state index contributed by atoms with van der Waals surface area (Å²) in [4.78, 5) is 23.8. The molecule has 0 radical (unpaired) electrons. The van der Waals surface area contributed by atoms with Gasteiger partial charge >= 0.3 is 11.6 Å². The van der Waals surface area contributed by atoms with Gasteiger partial charge in [0.15, 0.2) is 11.5 Å². The van der Waals surface area contributed by atoms with Gasteiger partial charge in [-0.25, -0.2) is 9.59 Å². The molecule has 1 aromatic carbocycles. The average molecular weight is 425 g/mol. The molecule has 7 heteroatoms. The first-order valence-electron chi connectivity index (χ1n) is 8.23. The quantitative estimate of drug-likeness (QED) is 0.620. The molecule has 1 heterocycles. The first kappa shape index (κ1) is 20.0. The zero-order valence-electron chi connectivity index (χ0n) is 15.2. The molecule has 0 saturated carbocycles. The Morgan fingerprint density at radius 2 is 1.69 bits per heavy atom. The molecule has 0 saturated heterocycles. The molecule has 0 atom stereocenters. The van der Waals surface area contributed by atoms with Crippen LogP contribution in [0.4, 0.5) is 0 Å². The number of carbonyl (C=O) groups excluding carboxylic acids is 1. The first-order valence-corrected chi connectivity index (χ1v) is 9.03. The highest BCUT2D eigenvalue weighted by Crippen LogP contribution is 2.34. The van der Waals surface area contributed by atoms with Crippen LogP contribution in [0.25, 0.3) is 0 Å². The predicted octanol–water partition coefficient (Wildman–Crippen LogP) is 4.17. The molecule has 2 rings (SSSR count). The van der Waals surface area contributed by atoms with Crippen molar-refractivity contribution in [1.82, 2.24) is 0 Å². The van der Waals surface area contributed by atoms with Crippen molar-refractivity contribution in [2.75, 3.05) is 13.2 Å². The van der Waals surface area contributed by atoms with Crippen LogP contribution in [-0.2, 0) is 11.3 Å². The van der Waals surface area contributed by atoms with Crippen molar-refractivity contribution in [2.45, 2.75) is 34.3 Å². The van der Waals surface area contributed by atoms with Gasteiger partial charge in [0.05, 0.1) is 13.2 Å². The van der Waals surface area contributed by atoms with E-state index < -0.39 is 11.6 Å². The maximum atomic E-state index is 12.4. The van der Waals surface area contributed by atoms with Gasteiger partial charge in [0, 0.05) is 16.1 Å². The summed E-state index contributed by atoms with van der Waals surface area (Å²) in [6, 6.07) is 4.83. The van der Waals surface area contributed by atoms with Crippen LogP contribution in [0.15, 0.2) is 31.9 Å². The van der Waals surface area contributed by atoms with E-state index in [-0.39, 0.29) is 17.9 Å². The minimum atomic E-state index is -0.553. The summed E-state index contributed by atoms with van der Waals surface area (Å²) in [5.41, 5.74) is 1.02. The molecule has 0 amide bonds. The van der Waals surface area contributed by atoms with E-state index in [4.69, 9.17) is 18.6 Å². The standard InChI is InChI=1S/C19H21BrO6/c1-5-23-15-8-13(14(20)9-16(15)24-6-2)10-25-19(22)18-11(3)7-17(21)26-12(18)4/h7-9H,5-6,10H2,1-4H3. The number of halogens is 1. The van der Waals surface area contributed by atoms with Crippen molar-refractivity contribution >= 4 is 21.9 Å². The SMILES string of the molecule is CCOc1cc(Br)c(COC(=O)c2c(C)cc(=O)oc2C)cc1OCC. The minimum absolute atomic E-state index is 0.0316. The molecule has 6 nitrogen and oxygen atoms in total. The van der Waals surface area contributed by atoms with Crippen LogP contribution in [0.2, 0.25) is 0 Å². The third-order valence-electron chi connectivity index (χ3n) is 3.61. The van der Waals surface area contributed by atoms with E-state index in [1.54, 1.807) is 26.0 Å². The molecule has 0 spiro atoms. The van der Waals surface area contributed by atoms with E-state index in [0.717, 1.165) is 10.0 Å². The summed E-state index contributed by atoms with van der Waals surface area (Å²) < 4.78 is 22.3. The van der Waals surface area contributed by atoms with Gasteiger partial charge in [0.2, 0.25) is 0 Å². The third-order valence-corrected chi connectivity index (χ3v) is 4.35. The Hall–Kier alpha value is -2.28. The van der Waals surface area contributed by atoms with E-state index in [9.17, 15) is 9.59 Å². The predicted molar refractivity (Wildman–Crippen MR) is 100 cm³/mol. The van der Waals surface area contributed by atoms with E-state index in [1.165, 1.54) is 6.07 Å². The fraction of sp³-hybridized carbons (Fsp3) is 0.368. The Morgan fingerprint density at radius 1 is 1.08 bits per heavy atom. The molecule has 0 bridgehead atoms. The van der Waals surface area contributed by atoms with Gasteiger partial charge in [-0.05, 0) is 45.4 Å². The lowest BCUT2D eigenvalue weighted by molar-refractivity contribution is 0.0466. The van der Waals surface area contributed by atoms with Crippen LogP contribution in [-0.4, -0.2) is 19.2 Å². The molecular formula is C19H21BrO6. The first-order chi connectivity index (χ1) is 12.4. The molecule has 26 heavy (non-hydrogen) atoms. The van der Waals surface area contributed by atoms with Crippen molar-refractivity contribution in [3.8, 4) is 11.5 Å². The number of hydrogen-bond acceptors (Lipinski definition) is 6. The topological polar surface area (TPSA) is 75.0 Å². The normalized spacial score (nSPS) is 10.5. The number of ether oxygens (including phenoxy) is 3. The molecule has 0 aliphatic rings. The van der Waals surface area contributed by atoms with Crippen molar-refractivity contribution in [3.05, 3.63) is 55.5 Å². The molecule has 0 N–H and O–H groups in total. The smallest absolute Gasteiger partial charge is 0.342 e. The lowest BCUT2D eigenvalue weighted by atomic mass is 10.1. The highest BCUT2D eigenvalue weighted by Gasteiger charge is 2.18. The largest absolute Gasteiger partial charge is 0.490 e. The lowest BCUT2D eigenvalue weighted by Gasteiger charge is -2.15. The van der Waals surface area contributed by atoms with Crippen LogP contribution in [0.5, 0.6) is 11.5 Å². The van der Waals surface area contributed by atoms with E-state index in [0.29, 0.717) is 30.3 Å². The molecule has 0 aliphatic heterocycles. The highest BCUT2D eigenvalue weighted by atomic mass is 79.9. The summed E-state index contributed by atoms with van der Waals surface area (Å²) in [6.07, 6.45) is 0. The maximum absolute atomic E-state index is 12.4. The summed E-state index contributed by atoms with van der Waals surface area (Å²) in [6.45, 7) is 8.03. The van der Waals surface area contributed by atoms with Gasteiger partial charge in [-0.15, -0.1) is 0 Å². The van der Waals surface area contributed by atoms with Crippen LogP contribution in [0.3, 0.4) is 0 Å². The fourth-order valence-electron chi connectivity index (χ4n) is 2.50. The molecule has 1 aromatic heterocycles. The zero-order chi connectivity index (χ0) is 19.3. The Labute approximate surface area is 160 Å². The summed E-state index contributed by atoms with van der Waals surface area (Å²) in [5, 5.41) is 0. The lowest BCUT2D eigenvalue weighted by Crippen LogP contribution is -2.13. The second-order valence-corrected chi connectivity index (χ2v) is 6.37. The number of rotatable bonds is 7. The van der Waals surface area contributed by atoms with Crippen molar-refractivity contribution in [3.63, 3.8) is 0 Å². The van der Waals surface area contributed by atoms with Crippen molar-refractivity contribution in [2.24, 2.45) is 0 Å². The zero-order valence-corrected chi connectivity index (χ0v) is 16.8. The molecule has 2 aromatic rings. The monoisotopic (exact) mass is 424 g/mol. The van der Waals surface area contributed by atoms with Gasteiger partial charge in [-0.2, -0.15) is 0 Å². The Kier molecular flexibility index (Phi) is 6.85. The number of carbonyl (C=O) groups is 1. The molecule has 0 unspecified atom stereocenters. The second-order valence-electron chi connectivity index (χ2n) is 5.51. The van der Waals surface area contributed by atoms with Gasteiger partial charge in [-0.1, -0.05) is 15.9 Å². The van der Waals surface area contributed by atoms with Gasteiger partial charge in [0.25, 0.3) is 0 Å². The van der Waals surface area contributed by atoms with Crippen molar-refractivity contribution in [1.29, 1.82) is 0 Å². The van der Waals surface area contributed by atoms with Crippen LogP contribution >= 0.6 is 15.9 Å². The van der Waals surface area contributed by atoms with E-state index in [1.807, 2.05) is 13.8 Å². The number of aryl methyl sites for hydroxylation is 2. The third kappa shape index (κ3) is 4.66. The second kappa shape index (κ2) is 8.89. The van der Waals surface area contributed by atoms with Crippen molar-refractivity contribution < 1.29 is 23.4 Å². The van der Waals surface area contributed by atoms with E-state index >= 15 is 0 Å². The summed E-state index contributed by atoms with van der Waals surface area (Å²) in [5.74, 6) is 0.887. The molecule has 140 valence electrons. The highest BCUT2D eigenvalue weighted by molar-refractivity contribution is 9.10. The molecule has 0 aliphatic carbocycles. The molecular weight excluding hydrogens is 404 g/mol. The Bertz CT molecular complexity index is 830.